The van der Waals surface area contributed by atoms with Gasteiger partial charge >= 0.3 is 0 Å². The monoisotopic (exact) mass is 202 g/mol. The van der Waals surface area contributed by atoms with Gasteiger partial charge in [-0.2, -0.15) is 0 Å². The van der Waals surface area contributed by atoms with E-state index in [0.717, 1.165) is 22.7 Å². The van der Waals surface area contributed by atoms with Gasteiger partial charge in [-0.25, -0.2) is 0 Å². The van der Waals surface area contributed by atoms with Gasteiger partial charge in [0.05, 0.1) is 7.11 Å². The average Bonchev–Trinajstić information content (AvgIpc) is 2.77. The first-order valence-electron chi connectivity index (χ1n) is 4.86. The minimum Gasteiger partial charge on any atom is -0.496 e. The fraction of sp³-hybridized carbons (Fsp3) is 0.167. The maximum Gasteiger partial charge on any atom is 0.128 e. The minimum absolute atomic E-state index is 0.523. The van der Waals surface area contributed by atoms with Crippen LogP contribution in [0.4, 0.5) is 0 Å². The molecule has 3 heteroatoms. The highest BCUT2D eigenvalue weighted by atomic mass is 16.5. The van der Waals surface area contributed by atoms with Crippen molar-refractivity contribution in [2.24, 2.45) is 5.73 Å². The third-order valence-corrected chi connectivity index (χ3v) is 2.36. The van der Waals surface area contributed by atoms with Crippen LogP contribution in [0.1, 0.15) is 5.69 Å². The summed E-state index contributed by atoms with van der Waals surface area (Å²) in [6, 6.07) is 11.9. The maximum atomic E-state index is 5.55. The Morgan fingerprint density at radius 1 is 1.20 bits per heavy atom. The lowest BCUT2D eigenvalue weighted by molar-refractivity contribution is 0.416. The average molecular weight is 202 g/mol. The molecule has 0 bridgehead atoms. The third kappa shape index (κ3) is 1.87. The van der Waals surface area contributed by atoms with Crippen LogP contribution in [0.15, 0.2) is 36.4 Å². The van der Waals surface area contributed by atoms with E-state index in [1.165, 1.54) is 0 Å². The molecule has 0 fully saturated rings. The molecular weight excluding hydrogens is 188 g/mol. The summed E-state index contributed by atoms with van der Waals surface area (Å²) in [5.74, 6) is 0.864. The van der Waals surface area contributed by atoms with Gasteiger partial charge in [0.25, 0.3) is 0 Å². The number of aromatic amines is 1. The summed E-state index contributed by atoms with van der Waals surface area (Å²) in [6.45, 7) is 0.523. The summed E-state index contributed by atoms with van der Waals surface area (Å²) in [5.41, 5.74) is 8.66. The second-order valence-corrected chi connectivity index (χ2v) is 3.30. The molecule has 1 heterocycles. The normalized spacial score (nSPS) is 10.3. The molecule has 0 aliphatic heterocycles. The molecule has 0 aliphatic rings. The van der Waals surface area contributed by atoms with E-state index >= 15 is 0 Å². The van der Waals surface area contributed by atoms with E-state index in [2.05, 4.69) is 4.98 Å². The molecule has 0 unspecified atom stereocenters. The van der Waals surface area contributed by atoms with Gasteiger partial charge in [-0.05, 0) is 24.3 Å². The molecular formula is C12H14N2O. The topological polar surface area (TPSA) is 51.0 Å². The largest absolute Gasteiger partial charge is 0.496 e. The molecule has 1 aromatic carbocycles. The van der Waals surface area contributed by atoms with Crippen molar-refractivity contribution in [1.82, 2.24) is 4.98 Å². The van der Waals surface area contributed by atoms with Crippen LogP contribution >= 0.6 is 0 Å². The van der Waals surface area contributed by atoms with Gasteiger partial charge in [0.1, 0.15) is 5.75 Å². The zero-order chi connectivity index (χ0) is 10.7. The van der Waals surface area contributed by atoms with Crippen molar-refractivity contribution in [3.8, 4) is 17.0 Å². The van der Waals surface area contributed by atoms with Gasteiger partial charge in [0, 0.05) is 23.5 Å². The highest BCUT2D eigenvalue weighted by molar-refractivity contribution is 5.67. The quantitative estimate of drug-likeness (QED) is 0.801. The molecule has 2 aromatic rings. The summed E-state index contributed by atoms with van der Waals surface area (Å²) in [6.07, 6.45) is 0. The fourth-order valence-corrected chi connectivity index (χ4v) is 1.58. The number of nitrogens with one attached hydrogen (secondary N) is 1. The van der Waals surface area contributed by atoms with Crippen LogP contribution in [0.3, 0.4) is 0 Å². The van der Waals surface area contributed by atoms with Gasteiger partial charge in [-0.1, -0.05) is 12.1 Å². The number of hydrogen-bond donors (Lipinski definition) is 2. The lowest BCUT2D eigenvalue weighted by Gasteiger charge is -2.05. The van der Waals surface area contributed by atoms with Gasteiger partial charge in [-0.15, -0.1) is 0 Å². The van der Waals surface area contributed by atoms with Crippen LogP contribution in [-0.2, 0) is 6.54 Å². The number of ether oxygens (including phenoxy) is 1. The van der Waals surface area contributed by atoms with E-state index in [-0.39, 0.29) is 0 Å². The molecule has 0 radical (unpaired) electrons. The van der Waals surface area contributed by atoms with Gasteiger partial charge < -0.3 is 15.5 Å². The molecule has 15 heavy (non-hydrogen) atoms. The molecule has 0 amide bonds. The Balaban J connectivity index is 2.44. The SMILES string of the molecule is COc1ccccc1-c1ccc(CN)[nH]1. The Hall–Kier alpha value is -1.74. The van der Waals surface area contributed by atoms with Crippen molar-refractivity contribution in [2.45, 2.75) is 6.54 Å². The van der Waals surface area contributed by atoms with Gasteiger partial charge in [0.2, 0.25) is 0 Å². The summed E-state index contributed by atoms with van der Waals surface area (Å²) in [4.78, 5) is 3.25. The predicted octanol–water partition coefficient (Wildman–Crippen LogP) is 2.15. The number of H-pyrrole nitrogens is 1. The van der Waals surface area contributed by atoms with Crippen LogP contribution < -0.4 is 10.5 Å². The van der Waals surface area contributed by atoms with Crippen LogP contribution in [0.2, 0.25) is 0 Å². The Labute approximate surface area is 88.9 Å². The highest BCUT2D eigenvalue weighted by Gasteiger charge is 2.05. The second-order valence-electron chi connectivity index (χ2n) is 3.30. The van der Waals surface area contributed by atoms with E-state index in [9.17, 15) is 0 Å². The van der Waals surface area contributed by atoms with E-state index in [1.54, 1.807) is 7.11 Å². The zero-order valence-electron chi connectivity index (χ0n) is 8.66. The van der Waals surface area contributed by atoms with Crippen LogP contribution in [0.25, 0.3) is 11.3 Å². The third-order valence-electron chi connectivity index (χ3n) is 2.36. The minimum atomic E-state index is 0.523. The van der Waals surface area contributed by atoms with Crippen LogP contribution in [0.5, 0.6) is 5.75 Å². The molecule has 0 aliphatic carbocycles. The van der Waals surface area contributed by atoms with Crippen LogP contribution in [-0.4, -0.2) is 12.1 Å². The number of aromatic nitrogens is 1. The summed E-state index contributed by atoms with van der Waals surface area (Å²) >= 11 is 0. The number of nitrogens with two attached hydrogens (primary N) is 1. The molecule has 0 atom stereocenters. The lowest BCUT2D eigenvalue weighted by atomic mass is 10.1. The lowest BCUT2D eigenvalue weighted by Crippen LogP contribution is -1.96. The van der Waals surface area contributed by atoms with Crippen molar-refractivity contribution in [1.29, 1.82) is 0 Å². The Kier molecular flexibility index (Phi) is 2.74. The number of methoxy groups -OCH3 is 1. The van der Waals surface area contributed by atoms with Crippen molar-refractivity contribution in [3.05, 3.63) is 42.1 Å². The first-order valence-corrected chi connectivity index (χ1v) is 4.86. The second kappa shape index (κ2) is 4.19. The van der Waals surface area contributed by atoms with E-state index in [4.69, 9.17) is 10.5 Å². The van der Waals surface area contributed by atoms with Crippen molar-refractivity contribution >= 4 is 0 Å². The predicted molar refractivity (Wildman–Crippen MR) is 60.7 cm³/mol. The highest BCUT2D eigenvalue weighted by Crippen LogP contribution is 2.28. The Bertz CT molecular complexity index is 448. The van der Waals surface area contributed by atoms with Crippen LogP contribution in [0, 0.1) is 0 Å². The van der Waals surface area contributed by atoms with E-state index < -0.39 is 0 Å². The fourth-order valence-electron chi connectivity index (χ4n) is 1.58. The molecule has 1 aromatic heterocycles. The number of rotatable bonds is 3. The van der Waals surface area contributed by atoms with Gasteiger partial charge in [-0.3, -0.25) is 0 Å². The Morgan fingerprint density at radius 2 is 2.00 bits per heavy atom. The number of para-hydroxylation sites is 1. The molecule has 78 valence electrons. The van der Waals surface area contributed by atoms with Crippen molar-refractivity contribution in [2.75, 3.05) is 7.11 Å². The molecule has 0 spiro atoms. The summed E-state index contributed by atoms with van der Waals surface area (Å²) in [7, 11) is 1.67. The zero-order valence-corrected chi connectivity index (χ0v) is 8.66. The number of benzene rings is 1. The summed E-state index contributed by atoms with van der Waals surface area (Å²) < 4.78 is 5.29. The molecule has 2 rings (SSSR count). The standard InChI is InChI=1S/C12H14N2O/c1-15-12-5-3-2-4-10(12)11-7-6-9(8-13)14-11/h2-7,14H,8,13H2,1H3. The summed E-state index contributed by atoms with van der Waals surface area (Å²) in [5, 5.41) is 0. The maximum absolute atomic E-state index is 5.55. The van der Waals surface area contributed by atoms with Gasteiger partial charge in [0.15, 0.2) is 0 Å². The molecule has 0 saturated heterocycles. The smallest absolute Gasteiger partial charge is 0.128 e. The molecule has 3 N–H and O–H groups in total. The molecule has 0 saturated carbocycles. The Morgan fingerprint density at radius 3 is 2.67 bits per heavy atom. The molecule has 3 nitrogen and oxygen atoms in total. The van der Waals surface area contributed by atoms with Crippen molar-refractivity contribution < 1.29 is 4.74 Å². The van der Waals surface area contributed by atoms with E-state index in [1.807, 2.05) is 36.4 Å². The van der Waals surface area contributed by atoms with Crippen molar-refractivity contribution in [3.63, 3.8) is 0 Å². The first kappa shape index (κ1) is 9.80. The number of hydrogen-bond acceptors (Lipinski definition) is 2. The van der Waals surface area contributed by atoms with E-state index in [0.29, 0.717) is 6.54 Å². The first-order chi connectivity index (χ1) is 7.35.